The van der Waals surface area contributed by atoms with Gasteiger partial charge in [0, 0.05) is 18.2 Å². The van der Waals surface area contributed by atoms with Gasteiger partial charge in [0.1, 0.15) is 11.6 Å². The van der Waals surface area contributed by atoms with Crippen LogP contribution in [0.4, 0.5) is 4.39 Å². The number of hydrogen-bond donors (Lipinski definition) is 2. The van der Waals surface area contributed by atoms with Gasteiger partial charge in [0.05, 0.1) is 13.4 Å². The highest BCUT2D eigenvalue weighted by molar-refractivity contribution is 7.88. The summed E-state index contributed by atoms with van der Waals surface area (Å²) in [6.07, 6.45) is 1.74. The summed E-state index contributed by atoms with van der Waals surface area (Å²) in [6.45, 7) is 2.76. The lowest BCUT2D eigenvalue weighted by molar-refractivity contribution is 0.393. The third-order valence-electron chi connectivity index (χ3n) is 2.83. The van der Waals surface area contributed by atoms with Crippen LogP contribution in [0.2, 0.25) is 0 Å². The average Bonchev–Trinajstić information content (AvgIpc) is 2.36. The van der Waals surface area contributed by atoms with Crippen LogP contribution < -0.4 is 14.8 Å². The van der Waals surface area contributed by atoms with E-state index < -0.39 is 10.0 Å². The summed E-state index contributed by atoms with van der Waals surface area (Å²) < 4.78 is 43.1. The summed E-state index contributed by atoms with van der Waals surface area (Å²) >= 11 is 0. The highest BCUT2D eigenvalue weighted by Crippen LogP contribution is 2.27. The number of ether oxygens (including phenoxy) is 1. The van der Waals surface area contributed by atoms with Crippen LogP contribution in [0.15, 0.2) is 18.2 Å². The Labute approximate surface area is 119 Å². The minimum atomic E-state index is -3.15. The third kappa shape index (κ3) is 5.44. The maximum atomic E-state index is 13.8. The molecule has 0 amide bonds. The van der Waals surface area contributed by atoms with Crippen molar-refractivity contribution >= 4 is 10.0 Å². The van der Waals surface area contributed by atoms with Gasteiger partial charge < -0.3 is 10.1 Å². The first-order valence-electron chi connectivity index (χ1n) is 6.35. The van der Waals surface area contributed by atoms with Gasteiger partial charge in [-0.15, -0.1) is 0 Å². The minimum absolute atomic E-state index is 0.218. The summed E-state index contributed by atoms with van der Waals surface area (Å²) in [7, 11) is -1.65. The molecule has 0 radical (unpaired) electrons. The average molecular weight is 304 g/mol. The molecule has 1 aromatic carbocycles. The molecule has 0 spiro atoms. The molecule has 2 N–H and O–H groups in total. The molecule has 0 bridgehead atoms. The van der Waals surface area contributed by atoms with Gasteiger partial charge >= 0.3 is 0 Å². The van der Waals surface area contributed by atoms with Crippen LogP contribution >= 0.6 is 0 Å². The second-order valence-electron chi connectivity index (χ2n) is 4.55. The second kappa shape index (κ2) is 7.56. The van der Waals surface area contributed by atoms with E-state index in [2.05, 4.69) is 10.0 Å². The van der Waals surface area contributed by atoms with Crippen molar-refractivity contribution < 1.29 is 17.5 Å². The molecule has 1 unspecified atom stereocenters. The molecular formula is C13H21FN2O3S. The van der Waals surface area contributed by atoms with E-state index in [-0.39, 0.29) is 11.9 Å². The van der Waals surface area contributed by atoms with Crippen LogP contribution in [-0.4, -0.2) is 34.9 Å². The van der Waals surface area contributed by atoms with E-state index in [1.54, 1.807) is 12.1 Å². The van der Waals surface area contributed by atoms with Gasteiger partial charge in [0.25, 0.3) is 0 Å². The van der Waals surface area contributed by atoms with E-state index in [1.807, 2.05) is 6.92 Å². The van der Waals surface area contributed by atoms with Crippen molar-refractivity contribution in [2.24, 2.45) is 0 Å². The second-order valence-corrected chi connectivity index (χ2v) is 6.38. The third-order valence-corrected chi connectivity index (χ3v) is 3.56. The highest BCUT2D eigenvalue weighted by Gasteiger charge is 2.15. The molecule has 0 aliphatic rings. The van der Waals surface area contributed by atoms with Gasteiger partial charge in [0.2, 0.25) is 10.0 Å². The van der Waals surface area contributed by atoms with Gasteiger partial charge in [-0.2, -0.15) is 0 Å². The molecule has 0 saturated carbocycles. The molecule has 0 aliphatic carbocycles. The molecule has 0 heterocycles. The SMILES string of the molecule is COc1cccc(F)c1C(C)NCCCNS(C)(=O)=O. The Balaban J connectivity index is 2.49. The van der Waals surface area contributed by atoms with Crippen molar-refractivity contribution in [1.82, 2.24) is 10.0 Å². The first-order chi connectivity index (χ1) is 9.35. The van der Waals surface area contributed by atoms with Crippen LogP contribution in [0.1, 0.15) is 24.9 Å². The molecule has 20 heavy (non-hydrogen) atoms. The van der Waals surface area contributed by atoms with E-state index in [1.165, 1.54) is 13.2 Å². The zero-order valence-electron chi connectivity index (χ0n) is 11.9. The van der Waals surface area contributed by atoms with E-state index in [4.69, 9.17) is 4.74 Å². The number of sulfonamides is 1. The molecule has 7 heteroatoms. The Morgan fingerprint density at radius 2 is 2.05 bits per heavy atom. The van der Waals surface area contributed by atoms with Crippen molar-refractivity contribution in [3.05, 3.63) is 29.6 Å². The van der Waals surface area contributed by atoms with E-state index >= 15 is 0 Å². The fourth-order valence-electron chi connectivity index (χ4n) is 1.88. The summed E-state index contributed by atoms with van der Waals surface area (Å²) in [5.74, 6) is 0.179. The zero-order valence-corrected chi connectivity index (χ0v) is 12.8. The predicted molar refractivity (Wildman–Crippen MR) is 76.8 cm³/mol. The van der Waals surface area contributed by atoms with Crippen molar-refractivity contribution in [1.29, 1.82) is 0 Å². The Hall–Kier alpha value is -1.18. The quantitative estimate of drug-likeness (QED) is 0.713. The van der Waals surface area contributed by atoms with E-state index in [0.29, 0.717) is 30.8 Å². The fourth-order valence-corrected chi connectivity index (χ4v) is 2.40. The van der Waals surface area contributed by atoms with Crippen LogP contribution in [-0.2, 0) is 10.0 Å². The van der Waals surface area contributed by atoms with Gasteiger partial charge in [-0.1, -0.05) is 6.07 Å². The van der Waals surface area contributed by atoms with Crippen LogP contribution in [0.25, 0.3) is 0 Å². The number of benzene rings is 1. The molecule has 5 nitrogen and oxygen atoms in total. The Morgan fingerprint density at radius 3 is 2.65 bits per heavy atom. The molecule has 0 fully saturated rings. The van der Waals surface area contributed by atoms with Crippen molar-refractivity contribution in [3.63, 3.8) is 0 Å². The Bertz CT molecular complexity index is 534. The van der Waals surface area contributed by atoms with E-state index in [0.717, 1.165) is 6.26 Å². The van der Waals surface area contributed by atoms with Crippen molar-refractivity contribution in [2.45, 2.75) is 19.4 Å². The predicted octanol–water partition coefficient (Wildman–Crippen LogP) is 1.42. The van der Waals surface area contributed by atoms with Gasteiger partial charge in [0.15, 0.2) is 0 Å². The summed E-state index contributed by atoms with van der Waals surface area (Å²) in [4.78, 5) is 0. The first kappa shape index (κ1) is 16.9. The molecule has 0 saturated heterocycles. The topological polar surface area (TPSA) is 67.4 Å². The van der Waals surface area contributed by atoms with Gasteiger partial charge in [-0.05, 0) is 32.0 Å². The lowest BCUT2D eigenvalue weighted by Crippen LogP contribution is -2.27. The molecular weight excluding hydrogens is 283 g/mol. The minimum Gasteiger partial charge on any atom is -0.496 e. The van der Waals surface area contributed by atoms with Crippen LogP contribution in [0, 0.1) is 5.82 Å². The van der Waals surface area contributed by atoms with Gasteiger partial charge in [-0.3, -0.25) is 0 Å². The van der Waals surface area contributed by atoms with Crippen molar-refractivity contribution in [3.8, 4) is 5.75 Å². The summed E-state index contributed by atoms with van der Waals surface area (Å²) in [6, 6.07) is 4.48. The van der Waals surface area contributed by atoms with Crippen LogP contribution in [0.3, 0.4) is 0 Å². The molecule has 114 valence electrons. The lowest BCUT2D eigenvalue weighted by atomic mass is 10.1. The molecule has 1 atom stereocenters. The van der Waals surface area contributed by atoms with E-state index in [9.17, 15) is 12.8 Å². The van der Waals surface area contributed by atoms with Gasteiger partial charge in [-0.25, -0.2) is 17.5 Å². The number of hydrogen-bond acceptors (Lipinski definition) is 4. The smallest absolute Gasteiger partial charge is 0.208 e. The largest absolute Gasteiger partial charge is 0.496 e. The van der Waals surface area contributed by atoms with Crippen LogP contribution in [0.5, 0.6) is 5.75 Å². The Morgan fingerprint density at radius 1 is 1.35 bits per heavy atom. The number of nitrogens with one attached hydrogen (secondary N) is 2. The first-order valence-corrected chi connectivity index (χ1v) is 8.24. The molecule has 0 aromatic heterocycles. The monoisotopic (exact) mass is 304 g/mol. The number of halogens is 1. The number of methoxy groups -OCH3 is 1. The molecule has 0 aliphatic heterocycles. The normalized spacial score (nSPS) is 13.2. The maximum absolute atomic E-state index is 13.8. The summed E-state index contributed by atoms with van der Waals surface area (Å²) in [5.41, 5.74) is 0.478. The standard InChI is InChI=1S/C13H21FN2O3S/c1-10(15-8-5-9-16-20(3,17)18)13-11(14)6-4-7-12(13)19-2/h4,6-7,10,15-16H,5,8-9H2,1-3H3. The summed E-state index contributed by atoms with van der Waals surface area (Å²) in [5, 5.41) is 3.15. The van der Waals surface area contributed by atoms with Crippen molar-refractivity contribution in [2.75, 3.05) is 26.5 Å². The Kier molecular flexibility index (Phi) is 6.38. The zero-order chi connectivity index (χ0) is 15.2. The molecule has 1 aromatic rings. The number of rotatable bonds is 8. The lowest BCUT2D eigenvalue weighted by Gasteiger charge is -2.18. The maximum Gasteiger partial charge on any atom is 0.208 e. The highest BCUT2D eigenvalue weighted by atomic mass is 32.2. The molecule has 1 rings (SSSR count). The fraction of sp³-hybridized carbons (Fsp3) is 0.538.